The van der Waals surface area contributed by atoms with Crippen LogP contribution in [0.25, 0.3) is 5.65 Å². The summed E-state index contributed by atoms with van der Waals surface area (Å²) in [7, 11) is 1.51. The highest BCUT2D eigenvalue weighted by Gasteiger charge is 2.15. The number of benzene rings is 2. The smallest absolute Gasteiger partial charge is 0.323 e. The second-order valence-electron chi connectivity index (χ2n) is 7.21. The van der Waals surface area contributed by atoms with Crippen molar-refractivity contribution in [2.24, 2.45) is 0 Å². The van der Waals surface area contributed by atoms with Gasteiger partial charge in [-0.3, -0.25) is 14.0 Å². The van der Waals surface area contributed by atoms with E-state index in [-0.39, 0.29) is 29.3 Å². The van der Waals surface area contributed by atoms with E-state index in [2.05, 4.69) is 20.9 Å². The number of carbonyl (C=O) groups is 2. The lowest BCUT2D eigenvalue weighted by Crippen LogP contribution is -2.28. The number of rotatable bonds is 6. The Bertz CT molecular complexity index is 1420. The number of nitrogens with one attached hydrogen (secondary N) is 3. The van der Waals surface area contributed by atoms with Crippen LogP contribution in [0.4, 0.5) is 20.6 Å². The molecule has 0 radical (unpaired) electrons. The Kier molecular flexibility index (Phi) is 6.49. The van der Waals surface area contributed by atoms with E-state index in [0.717, 1.165) is 0 Å². The van der Waals surface area contributed by atoms with E-state index in [1.54, 1.807) is 36.4 Å². The van der Waals surface area contributed by atoms with E-state index in [4.69, 9.17) is 4.74 Å². The molecule has 2 heterocycles. The van der Waals surface area contributed by atoms with Gasteiger partial charge in [0.2, 0.25) is 0 Å². The highest BCUT2D eigenvalue weighted by atomic mass is 19.1. The Morgan fingerprint density at radius 3 is 2.62 bits per heavy atom. The number of hydrogen-bond acceptors (Lipinski definition) is 5. The number of amides is 3. The number of methoxy groups -OCH3 is 1. The molecule has 0 spiro atoms. The van der Waals surface area contributed by atoms with Crippen LogP contribution in [-0.2, 0) is 6.54 Å². The Balaban J connectivity index is 1.51. The number of pyridine rings is 1. The quantitative estimate of drug-likeness (QED) is 0.407. The standard InChI is InChI=1S/C24H20FN5O4/c1-34-18-5-2-4-17(12-18)28-24(33)29-20-14-26-21-19(6-3-11-30(21)23(20)32)22(31)27-13-15-7-9-16(25)10-8-15/h2-12,14H,13H2,1H3,(H,27,31)(H2,28,29,33). The average Bonchev–Trinajstić information content (AvgIpc) is 2.85. The van der Waals surface area contributed by atoms with Gasteiger partial charge in [-0.1, -0.05) is 18.2 Å². The summed E-state index contributed by atoms with van der Waals surface area (Å²) in [5.74, 6) is -0.254. The van der Waals surface area contributed by atoms with Crippen LogP contribution in [-0.4, -0.2) is 28.4 Å². The van der Waals surface area contributed by atoms with Gasteiger partial charge in [0.15, 0.2) is 5.65 Å². The zero-order chi connectivity index (χ0) is 24.1. The number of hydrogen-bond donors (Lipinski definition) is 3. The van der Waals surface area contributed by atoms with Gasteiger partial charge < -0.3 is 20.7 Å². The van der Waals surface area contributed by atoms with Crippen molar-refractivity contribution in [2.75, 3.05) is 17.7 Å². The number of fused-ring (bicyclic) bond motifs is 1. The molecule has 3 amide bonds. The number of aromatic nitrogens is 2. The summed E-state index contributed by atoms with van der Waals surface area (Å²) in [6, 6.07) is 14.9. The molecular formula is C24H20FN5O4. The molecule has 2 aromatic carbocycles. The topological polar surface area (TPSA) is 114 Å². The zero-order valence-corrected chi connectivity index (χ0v) is 18.0. The van der Waals surface area contributed by atoms with Crippen LogP contribution in [0, 0.1) is 5.82 Å². The summed E-state index contributed by atoms with van der Waals surface area (Å²) in [6.07, 6.45) is 2.64. The second-order valence-corrected chi connectivity index (χ2v) is 7.21. The van der Waals surface area contributed by atoms with Gasteiger partial charge in [-0.05, 0) is 42.0 Å². The molecule has 0 aliphatic rings. The van der Waals surface area contributed by atoms with Crippen molar-refractivity contribution < 1.29 is 18.7 Å². The monoisotopic (exact) mass is 461 g/mol. The van der Waals surface area contributed by atoms with E-state index < -0.39 is 17.5 Å². The highest BCUT2D eigenvalue weighted by molar-refractivity contribution is 6.01. The number of nitrogens with zero attached hydrogens (tertiary/aromatic N) is 2. The molecule has 34 heavy (non-hydrogen) atoms. The molecule has 172 valence electrons. The molecule has 0 saturated carbocycles. The molecule has 4 aromatic rings. The molecule has 0 saturated heterocycles. The van der Waals surface area contributed by atoms with E-state index in [0.29, 0.717) is 17.0 Å². The van der Waals surface area contributed by atoms with Crippen molar-refractivity contribution >= 4 is 29.0 Å². The Morgan fingerprint density at radius 2 is 1.85 bits per heavy atom. The summed E-state index contributed by atoms with van der Waals surface area (Å²) in [5.41, 5.74) is 0.872. The molecule has 0 atom stereocenters. The lowest BCUT2D eigenvalue weighted by Gasteiger charge is -2.11. The summed E-state index contributed by atoms with van der Waals surface area (Å²) in [6.45, 7) is 0.175. The van der Waals surface area contributed by atoms with Gasteiger partial charge in [-0.2, -0.15) is 0 Å². The maximum Gasteiger partial charge on any atom is 0.323 e. The lowest BCUT2D eigenvalue weighted by atomic mass is 10.2. The van der Waals surface area contributed by atoms with Crippen LogP contribution in [0.3, 0.4) is 0 Å². The van der Waals surface area contributed by atoms with Crippen molar-refractivity contribution in [3.63, 3.8) is 0 Å². The fourth-order valence-electron chi connectivity index (χ4n) is 3.23. The fraction of sp³-hybridized carbons (Fsp3) is 0.0833. The van der Waals surface area contributed by atoms with Gasteiger partial charge in [0.1, 0.15) is 17.3 Å². The molecule has 9 nitrogen and oxygen atoms in total. The number of anilines is 2. The first-order chi connectivity index (χ1) is 16.4. The first-order valence-electron chi connectivity index (χ1n) is 10.2. The first-order valence-corrected chi connectivity index (χ1v) is 10.2. The van der Waals surface area contributed by atoms with Crippen LogP contribution < -0.4 is 26.2 Å². The molecule has 0 fully saturated rings. The molecule has 2 aromatic heterocycles. The third kappa shape index (κ3) is 5.01. The van der Waals surface area contributed by atoms with Crippen LogP contribution >= 0.6 is 0 Å². The Labute approximate surface area is 193 Å². The van der Waals surface area contributed by atoms with Gasteiger partial charge in [0.05, 0.1) is 18.9 Å². The van der Waals surface area contributed by atoms with Crippen LogP contribution in [0.5, 0.6) is 5.75 Å². The van der Waals surface area contributed by atoms with Gasteiger partial charge in [-0.25, -0.2) is 14.2 Å². The Morgan fingerprint density at radius 1 is 1.06 bits per heavy atom. The molecule has 0 bridgehead atoms. The lowest BCUT2D eigenvalue weighted by molar-refractivity contribution is 0.0952. The predicted octanol–water partition coefficient (Wildman–Crippen LogP) is 3.42. The van der Waals surface area contributed by atoms with Crippen molar-refractivity contribution in [3.05, 3.63) is 100 Å². The average molecular weight is 461 g/mol. The second kappa shape index (κ2) is 9.82. The predicted molar refractivity (Wildman–Crippen MR) is 125 cm³/mol. The first kappa shape index (κ1) is 22.5. The maximum absolute atomic E-state index is 13.1. The van der Waals surface area contributed by atoms with E-state index in [1.807, 2.05) is 0 Å². The van der Waals surface area contributed by atoms with Crippen LogP contribution in [0.2, 0.25) is 0 Å². The largest absolute Gasteiger partial charge is 0.497 e. The zero-order valence-electron chi connectivity index (χ0n) is 18.0. The van der Waals surface area contributed by atoms with Crippen molar-refractivity contribution in [3.8, 4) is 5.75 Å². The van der Waals surface area contributed by atoms with Gasteiger partial charge >= 0.3 is 6.03 Å². The Hall–Kier alpha value is -4.73. The third-order valence-electron chi connectivity index (χ3n) is 4.92. The number of carbonyl (C=O) groups excluding carboxylic acids is 2. The summed E-state index contributed by atoms with van der Waals surface area (Å²) < 4.78 is 19.3. The molecule has 0 aliphatic carbocycles. The SMILES string of the molecule is COc1cccc(NC(=O)Nc2cnc3c(C(=O)NCc4ccc(F)cc4)cccn3c2=O)c1. The summed E-state index contributed by atoms with van der Waals surface area (Å²) in [5, 5.41) is 7.81. The number of urea groups is 1. The molecule has 3 N–H and O–H groups in total. The molecule has 0 aliphatic heterocycles. The number of ether oxygens (including phenoxy) is 1. The number of halogens is 1. The van der Waals surface area contributed by atoms with Crippen molar-refractivity contribution in [1.29, 1.82) is 0 Å². The van der Waals surface area contributed by atoms with Crippen molar-refractivity contribution in [1.82, 2.24) is 14.7 Å². The van der Waals surface area contributed by atoms with E-state index in [9.17, 15) is 18.8 Å². The van der Waals surface area contributed by atoms with Crippen LogP contribution in [0.1, 0.15) is 15.9 Å². The normalized spacial score (nSPS) is 10.5. The maximum atomic E-state index is 13.1. The summed E-state index contributed by atoms with van der Waals surface area (Å²) >= 11 is 0. The van der Waals surface area contributed by atoms with Gasteiger partial charge in [0, 0.05) is 24.5 Å². The third-order valence-corrected chi connectivity index (χ3v) is 4.92. The van der Waals surface area contributed by atoms with Gasteiger partial charge in [-0.15, -0.1) is 0 Å². The minimum atomic E-state index is -0.639. The summed E-state index contributed by atoms with van der Waals surface area (Å²) in [4.78, 5) is 42.2. The van der Waals surface area contributed by atoms with E-state index in [1.165, 1.54) is 48.2 Å². The molecular weight excluding hydrogens is 441 g/mol. The molecule has 4 rings (SSSR count). The molecule has 10 heteroatoms. The van der Waals surface area contributed by atoms with Gasteiger partial charge in [0.25, 0.3) is 11.5 Å². The highest BCUT2D eigenvalue weighted by Crippen LogP contribution is 2.17. The fourth-order valence-corrected chi connectivity index (χ4v) is 3.23. The van der Waals surface area contributed by atoms with Crippen molar-refractivity contribution in [2.45, 2.75) is 6.54 Å². The minimum Gasteiger partial charge on any atom is -0.497 e. The molecule has 0 unspecified atom stereocenters. The minimum absolute atomic E-state index is 0.0678. The van der Waals surface area contributed by atoms with Crippen LogP contribution in [0.15, 0.2) is 77.9 Å². The van der Waals surface area contributed by atoms with E-state index >= 15 is 0 Å².